The lowest BCUT2D eigenvalue weighted by atomic mass is 9.97. The molecule has 3 rings (SSSR count). The molecule has 1 saturated heterocycles. The number of imidazole rings is 1. The Balaban J connectivity index is 1.62. The Morgan fingerprint density at radius 3 is 3.05 bits per heavy atom. The summed E-state index contributed by atoms with van der Waals surface area (Å²) >= 11 is 0. The molecule has 2 fully saturated rings. The summed E-state index contributed by atoms with van der Waals surface area (Å²) in [5.74, 6) is 2.49. The number of carbonyl (C=O) groups excluding carboxylic acids is 1. The van der Waals surface area contributed by atoms with Crippen LogP contribution >= 0.6 is 0 Å². The maximum Gasteiger partial charge on any atom is 0.248 e. The van der Waals surface area contributed by atoms with Gasteiger partial charge in [-0.25, -0.2) is 4.98 Å². The number of ether oxygens (including phenoxy) is 1. The van der Waals surface area contributed by atoms with Gasteiger partial charge in [0.25, 0.3) is 0 Å². The van der Waals surface area contributed by atoms with Crippen LogP contribution in [0, 0.1) is 5.92 Å². The highest BCUT2D eigenvalue weighted by atomic mass is 16.5. The van der Waals surface area contributed by atoms with Gasteiger partial charge in [-0.15, -0.1) is 0 Å². The van der Waals surface area contributed by atoms with Crippen LogP contribution in [0.1, 0.15) is 44.3 Å². The van der Waals surface area contributed by atoms with Crippen LogP contribution in [0.3, 0.4) is 0 Å². The number of carbonyl (C=O) groups is 1. The van der Waals surface area contributed by atoms with Gasteiger partial charge in [-0.3, -0.25) is 4.79 Å². The van der Waals surface area contributed by atoms with Crippen LogP contribution in [0.5, 0.6) is 0 Å². The van der Waals surface area contributed by atoms with E-state index >= 15 is 0 Å². The molecule has 1 aliphatic carbocycles. The second-order valence-corrected chi connectivity index (χ2v) is 6.20. The van der Waals surface area contributed by atoms with Crippen molar-refractivity contribution in [3.8, 4) is 0 Å². The van der Waals surface area contributed by atoms with E-state index in [4.69, 9.17) is 4.74 Å². The van der Waals surface area contributed by atoms with Crippen LogP contribution in [0.15, 0.2) is 12.4 Å². The molecule has 1 unspecified atom stereocenters. The minimum absolute atomic E-state index is 0.113. The van der Waals surface area contributed by atoms with E-state index in [1.807, 2.05) is 18.0 Å². The van der Waals surface area contributed by atoms with E-state index in [1.54, 1.807) is 0 Å². The molecular formula is C16H25N3O2. The van der Waals surface area contributed by atoms with E-state index in [9.17, 15) is 4.79 Å². The molecule has 5 nitrogen and oxygen atoms in total. The first-order chi connectivity index (χ1) is 10.3. The SMILES string of the molecule is CCOCC(=O)N1CCCC(c2nccn2CC2CC2)C1. The number of hydrogen-bond acceptors (Lipinski definition) is 3. The summed E-state index contributed by atoms with van der Waals surface area (Å²) in [5, 5.41) is 0. The third-order valence-corrected chi connectivity index (χ3v) is 4.47. The normalized spacial score (nSPS) is 22.5. The Morgan fingerprint density at radius 2 is 2.29 bits per heavy atom. The molecule has 1 aromatic heterocycles. The summed E-state index contributed by atoms with van der Waals surface area (Å²) < 4.78 is 7.55. The summed E-state index contributed by atoms with van der Waals surface area (Å²) in [5.41, 5.74) is 0. The summed E-state index contributed by atoms with van der Waals surface area (Å²) in [6, 6.07) is 0. The highest BCUT2D eigenvalue weighted by Crippen LogP contribution is 2.33. The van der Waals surface area contributed by atoms with Crippen molar-refractivity contribution in [1.82, 2.24) is 14.5 Å². The lowest BCUT2D eigenvalue weighted by molar-refractivity contribution is -0.137. The van der Waals surface area contributed by atoms with Gasteiger partial charge in [0.05, 0.1) is 0 Å². The fraction of sp³-hybridized carbons (Fsp3) is 0.750. The lowest BCUT2D eigenvalue weighted by Gasteiger charge is -2.32. The summed E-state index contributed by atoms with van der Waals surface area (Å²) in [7, 11) is 0. The summed E-state index contributed by atoms with van der Waals surface area (Å²) in [6.45, 7) is 5.45. The van der Waals surface area contributed by atoms with Gasteiger partial charge in [-0.1, -0.05) is 0 Å². The second kappa shape index (κ2) is 6.60. The van der Waals surface area contributed by atoms with E-state index in [0.29, 0.717) is 12.5 Å². The van der Waals surface area contributed by atoms with Crippen molar-refractivity contribution in [2.75, 3.05) is 26.3 Å². The highest BCUT2D eigenvalue weighted by molar-refractivity contribution is 5.77. The van der Waals surface area contributed by atoms with Gasteiger partial charge >= 0.3 is 0 Å². The molecular weight excluding hydrogens is 266 g/mol. The predicted octanol–water partition coefficient (Wildman–Crippen LogP) is 2.04. The smallest absolute Gasteiger partial charge is 0.248 e. The van der Waals surface area contributed by atoms with Gasteiger partial charge in [-0.2, -0.15) is 0 Å². The van der Waals surface area contributed by atoms with Crippen molar-refractivity contribution >= 4 is 5.91 Å². The van der Waals surface area contributed by atoms with Gasteiger partial charge < -0.3 is 14.2 Å². The average molecular weight is 291 g/mol. The molecule has 2 heterocycles. The van der Waals surface area contributed by atoms with Crippen LogP contribution in [-0.2, 0) is 16.1 Å². The number of hydrogen-bond donors (Lipinski definition) is 0. The van der Waals surface area contributed by atoms with Crippen LogP contribution in [-0.4, -0.2) is 46.7 Å². The van der Waals surface area contributed by atoms with Crippen LogP contribution in [0.2, 0.25) is 0 Å². The molecule has 116 valence electrons. The summed E-state index contributed by atoms with van der Waals surface area (Å²) in [4.78, 5) is 18.6. The molecule has 1 amide bonds. The monoisotopic (exact) mass is 291 g/mol. The van der Waals surface area contributed by atoms with E-state index < -0.39 is 0 Å². The zero-order valence-electron chi connectivity index (χ0n) is 12.8. The maximum atomic E-state index is 12.1. The molecule has 1 aliphatic heterocycles. The fourth-order valence-electron chi connectivity index (χ4n) is 3.11. The van der Waals surface area contributed by atoms with Crippen molar-refractivity contribution in [2.24, 2.45) is 5.92 Å². The molecule has 2 aliphatic rings. The zero-order chi connectivity index (χ0) is 14.7. The number of likely N-dealkylation sites (tertiary alicyclic amines) is 1. The number of aromatic nitrogens is 2. The lowest BCUT2D eigenvalue weighted by Crippen LogP contribution is -2.41. The second-order valence-electron chi connectivity index (χ2n) is 6.20. The van der Waals surface area contributed by atoms with Crippen LogP contribution in [0.4, 0.5) is 0 Å². The van der Waals surface area contributed by atoms with Gasteiger partial charge in [0, 0.05) is 44.6 Å². The standard InChI is InChI=1S/C16H25N3O2/c1-2-21-12-15(20)18-8-3-4-14(11-18)16-17-7-9-19(16)10-13-5-6-13/h7,9,13-14H,2-6,8,10-12H2,1H3. The van der Waals surface area contributed by atoms with Crippen molar-refractivity contribution in [3.63, 3.8) is 0 Å². The number of piperidine rings is 1. The zero-order valence-corrected chi connectivity index (χ0v) is 12.8. The number of nitrogens with zero attached hydrogens (tertiary/aromatic N) is 3. The fourth-order valence-corrected chi connectivity index (χ4v) is 3.11. The first-order valence-electron chi connectivity index (χ1n) is 8.14. The third-order valence-electron chi connectivity index (χ3n) is 4.47. The molecule has 0 aromatic carbocycles. The van der Waals surface area contributed by atoms with E-state index in [1.165, 1.54) is 12.8 Å². The van der Waals surface area contributed by atoms with Crippen LogP contribution < -0.4 is 0 Å². The van der Waals surface area contributed by atoms with E-state index in [0.717, 1.165) is 44.2 Å². The number of amides is 1. The van der Waals surface area contributed by atoms with Crippen molar-refractivity contribution in [2.45, 2.75) is 45.1 Å². The van der Waals surface area contributed by atoms with Crippen molar-refractivity contribution in [3.05, 3.63) is 18.2 Å². The van der Waals surface area contributed by atoms with E-state index in [2.05, 4.69) is 15.7 Å². The summed E-state index contributed by atoms with van der Waals surface area (Å²) in [6.07, 6.45) is 8.87. The van der Waals surface area contributed by atoms with Crippen LogP contribution in [0.25, 0.3) is 0 Å². The Kier molecular flexibility index (Phi) is 4.58. The maximum absolute atomic E-state index is 12.1. The first kappa shape index (κ1) is 14.6. The first-order valence-corrected chi connectivity index (χ1v) is 8.14. The van der Waals surface area contributed by atoms with E-state index in [-0.39, 0.29) is 12.5 Å². The molecule has 0 radical (unpaired) electrons. The van der Waals surface area contributed by atoms with Crippen molar-refractivity contribution < 1.29 is 9.53 Å². The molecule has 21 heavy (non-hydrogen) atoms. The van der Waals surface area contributed by atoms with Crippen molar-refractivity contribution in [1.29, 1.82) is 0 Å². The predicted molar refractivity (Wildman–Crippen MR) is 80.0 cm³/mol. The Hall–Kier alpha value is -1.36. The minimum atomic E-state index is 0.113. The third kappa shape index (κ3) is 3.64. The quantitative estimate of drug-likeness (QED) is 0.806. The number of rotatable bonds is 6. The Bertz CT molecular complexity index is 482. The largest absolute Gasteiger partial charge is 0.372 e. The Morgan fingerprint density at radius 1 is 1.43 bits per heavy atom. The molecule has 0 N–H and O–H groups in total. The molecule has 0 bridgehead atoms. The highest BCUT2D eigenvalue weighted by Gasteiger charge is 2.29. The topological polar surface area (TPSA) is 47.4 Å². The van der Waals surface area contributed by atoms with Gasteiger partial charge in [-0.05, 0) is 38.5 Å². The molecule has 0 spiro atoms. The molecule has 5 heteroatoms. The minimum Gasteiger partial charge on any atom is -0.372 e. The average Bonchev–Trinajstić information content (AvgIpc) is 3.20. The molecule has 1 atom stereocenters. The molecule has 1 saturated carbocycles. The molecule has 1 aromatic rings. The van der Waals surface area contributed by atoms with Gasteiger partial charge in [0.2, 0.25) is 5.91 Å². The Labute approximate surface area is 126 Å². The van der Waals surface area contributed by atoms with Gasteiger partial charge in [0.1, 0.15) is 12.4 Å². The van der Waals surface area contributed by atoms with Gasteiger partial charge in [0.15, 0.2) is 0 Å².